The van der Waals surface area contributed by atoms with Gasteiger partial charge < -0.3 is 5.32 Å². The van der Waals surface area contributed by atoms with Crippen LogP contribution in [0, 0.1) is 0 Å². The molecule has 0 saturated carbocycles. The van der Waals surface area contributed by atoms with E-state index in [1.807, 2.05) is 11.8 Å². The van der Waals surface area contributed by atoms with Crippen molar-refractivity contribution in [1.82, 2.24) is 5.32 Å². The molecule has 1 aliphatic heterocycles. The summed E-state index contributed by atoms with van der Waals surface area (Å²) in [7, 11) is 0. The number of hydrogen-bond acceptors (Lipinski definition) is 2. The van der Waals surface area contributed by atoms with Crippen LogP contribution in [0.25, 0.3) is 0 Å². The molecule has 1 saturated heterocycles. The Morgan fingerprint density at radius 3 is 2.33 bits per heavy atom. The molecule has 1 aromatic carbocycles. The number of nitrogens with one attached hydrogen (secondary N) is 1. The molecule has 0 unspecified atom stereocenters. The average molecular weight is 221 g/mol. The van der Waals surface area contributed by atoms with Crippen LogP contribution in [-0.4, -0.2) is 12.3 Å². The highest BCUT2D eigenvalue weighted by molar-refractivity contribution is 7.99. The lowest BCUT2D eigenvalue weighted by molar-refractivity contribution is 0.589. The summed E-state index contributed by atoms with van der Waals surface area (Å²) in [5.41, 5.74) is 3.08. The third-order valence-electron chi connectivity index (χ3n) is 2.80. The first-order valence-electron chi connectivity index (χ1n) is 5.53. The van der Waals surface area contributed by atoms with E-state index < -0.39 is 0 Å². The largest absolute Gasteiger partial charge is 0.301 e. The minimum atomic E-state index is 0.259. The summed E-state index contributed by atoms with van der Waals surface area (Å²) in [5.74, 6) is 1.23. The van der Waals surface area contributed by atoms with Crippen molar-refractivity contribution in [2.45, 2.75) is 31.6 Å². The fraction of sp³-hybridized carbons (Fsp3) is 0.538. The molecule has 1 heterocycles. The molecule has 1 aromatic rings. The number of thioether (sulfide) groups is 1. The van der Waals surface area contributed by atoms with Gasteiger partial charge in [-0.2, -0.15) is 0 Å². The molecule has 1 N–H and O–H groups in total. The van der Waals surface area contributed by atoms with Crippen LogP contribution >= 0.6 is 11.8 Å². The Hall–Kier alpha value is -0.470. The quantitative estimate of drug-likeness (QED) is 0.781. The van der Waals surface area contributed by atoms with Crippen molar-refractivity contribution in [2.24, 2.45) is 0 Å². The third-order valence-corrected chi connectivity index (χ3v) is 4.01. The van der Waals surface area contributed by atoms with E-state index in [0.29, 0.717) is 5.37 Å². The predicted molar refractivity (Wildman–Crippen MR) is 68.3 cm³/mol. The molecule has 82 valence electrons. The first-order chi connectivity index (χ1) is 7.07. The molecule has 2 rings (SSSR count). The molecule has 0 spiro atoms. The van der Waals surface area contributed by atoms with Gasteiger partial charge in [0, 0.05) is 12.3 Å². The van der Waals surface area contributed by atoms with Gasteiger partial charge in [0.1, 0.15) is 0 Å². The molecule has 15 heavy (non-hydrogen) atoms. The first-order valence-corrected chi connectivity index (χ1v) is 6.58. The van der Waals surface area contributed by atoms with Crippen molar-refractivity contribution in [3.05, 3.63) is 35.4 Å². The Bertz CT molecular complexity index is 317. The van der Waals surface area contributed by atoms with E-state index in [-0.39, 0.29) is 5.41 Å². The lowest BCUT2D eigenvalue weighted by Crippen LogP contribution is -2.13. The molecule has 0 aliphatic carbocycles. The molecule has 1 aliphatic rings. The highest BCUT2D eigenvalue weighted by Crippen LogP contribution is 2.31. The lowest BCUT2D eigenvalue weighted by atomic mass is 9.87. The van der Waals surface area contributed by atoms with Gasteiger partial charge in [0.25, 0.3) is 0 Å². The Balaban J connectivity index is 2.16. The van der Waals surface area contributed by atoms with Gasteiger partial charge in [-0.1, -0.05) is 45.0 Å². The number of hydrogen-bond donors (Lipinski definition) is 1. The molecule has 2 heteroatoms. The summed E-state index contributed by atoms with van der Waals surface area (Å²) >= 11 is 2.00. The van der Waals surface area contributed by atoms with Crippen molar-refractivity contribution >= 4 is 11.8 Å². The fourth-order valence-corrected chi connectivity index (χ4v) is 2.85. The van der Waals surface area contributed by atoms with Crippen LogP contribution in [0.4, 0.5) is 0 Å². The molecule has 0 radical (unpaired) electrons. The van der Waals surface area contributed by atoms with Gasteiger partial charge in [0.05, 0.1) is 5.37 Å². The molecule has 1 fully saturated rings. The van der Waals surface area contributed by atoms with Crippen molar-refractivity contribution in [2.75, 3.05) is 12.3 Å². The van der Waals surface area contributed by atoms with E-state index in [1.54, 1.807) is 0 Å². The van der Waals surface area contributed by atoms with E-state index >= 15 is 0 Å². The monoisotopic (exact) mass is 221 g/mol. The van der Waals surface area contributed by atoms with Gasteiger partial charge in [-0.15, -0.1) is 11.8 Å². The van der Waals surface area contributed by atoms with E-state index in [2.05, 4.69) is 50.4 Å². The summed E-state index contributed by atoms with van der Waals surface area (Å²) in [6.07, 6.45) is 0. The van der Waals surface area contributed by atoms with Gasteiger partial charge in [-0.3, -0.25) is 0 Å². The van der Waals surface area contributed by atoms with Crippen LogP contribution in [0.15, 0.2) is 24.3 Å². The number of benzene rings is 1. The molecular weight excluding hydrogens is 202 g/mol. The van der Waals surface area contributed by atoms with Gasteiger partial charge >= 0.3 is 0 Å². The van der Waals surface area contributed by atoms with E-state index in [4.69, 9.17) is 0 Å². The maximum atomic E-state index is 3.49. The van der Waals surface area contributed by atoms with Crippen LogP contribution in [0.2, 0.25) is 0 Å². The van der Waals surface area contributed by atoms with Crippen LogP contribution in [0.3, 0.4) is 0 Å². The van der Waals surface area contributed by atoms with Crippen molar-refractivity contribution in [1.29, 1.82) is 0 Å². The predicted octanol–water partition coefficient (Wildman–Crippen LogP) is 3.32. The van der Waals surface area contributed by atoms with Gasteiger partial charge in [0.2, 0.25) is 0 Å². The zero-order valence-electron chi connectivity index (χ0n) is 9.71. The van der Waals surface area contributed by atoms with Crippen LogP contribution in [0.1, 0.15) is 37.3 Å². The van der Waals surface area contributed by atoms with Gasteiger partial charge in [0.15, 0.2) is 0 Å². The Morgan fingerprint density at radius 2 is 1.87 bits per heavy atom. The normalized spacial score (nSPS) is 21.9. The zero-order valence-corrected chi connectivity index (χ0v) is 10.5. The summed E-state index contributed by atoms with van der Waals surface area (Å²) in [5, 5.41) is 4.01. The molecule has 0 aromatic heterocycles. The third kappa shape index (κ3) is 2.56. The Labute approximate surface area is 96.7 Å². The standard InChI is InChI=1S/C13H19NS/c1-13(2,3)11-6-4-10(5-7-11)12-14-8-9-15-12/h4-7,12,14H,8-9H2,1-3H3/t12-/m0/s1. The van der Waals surface area contributed by atoms with E-state index in [0.717, 1.165) is 6.54 Å². The van der Waals surface area contributed by atoms with Gasteiger partial charge in [-0.05, 0) is 16.5 Å². The van der Waals surface area contributed by atoms with Crippen LogP contribution in [0.5, 0.6) is 0 Å². The maximum Gasteiger partial charge on any atom is 0.0790 e. The summed E-state index contributed by atoms with van der Waals surface area (Å²) in [6, 6.07) is 9.04. The summed E-state index contributed by atoms with van der Waals surface area (Å²) in [4.78, 5) is 0. The van der Waals surface area contributed by atoms with Crippen molar-refractivity contribution in [3.8, 4) is 0 Å². The summed E-state index contributed by atoms with van der Waals surface area (Å²) in [6.45, 7) is 7.90. The molecule has 1 atom stereocenters. The minimum absolute atomic E-state index is 0.259. The fourth-order valence-electron chi connectivity index (χ4n) is 1.80. The maximum absolute atomic E-state index is 3.49. The lowest BCUT2D eigenvalue weighted by Gasteiger charge is -2.20. The van der Waals surface area contributed by atoms with Gasteiger partial charge in [-0.25, -0.2) is 0 Å². The summed E-state index contributed by atoms with van der Waals surface area (Å²) < 4.78 is 0. The minimum Gasteiger partial charge on any atom is -0.301 e. The zero-order chi connectivity index (χ0) is 10.9. The van der Waals surface area contributed by atoms with E-state index in [1.165, 1.54) is 16.9 Å². The Kier molecular flexibility index (Phi) is 3.08. The SMILES string of the molecule is CC(C)(C)c1ccc([C@H]2NCCS2)cc1. The average Bonchev–Trinajstić information content (AvgIpc) is 2.69. The second-order valence-corrected chi connectivity index (χ2v) is 6.29. The molecule has 0 amide bonds. The second kappa shape index (κ2) is 4.18. The molecule has 1 nitrogen and oxygen atoms in total. The highest BCUT2D eigenvalue weighted by atomic mass is 32.2. The first kappa shape index (κ1) is 11.0. The number of rotatable bonds is 1. The van der Waals surface area contributed by atoms with Crippen LogP contribution in [-0.2, 0) is 5.41 Å². The highest BCUT2D eigenvalue weighted by Gasteiger charge is 2.18. The van der Waals surface area contributed by atoms with Crippen molar-refractivity contribution in [3.63, 3.8) is 0 Å². The smallest absolute Gasteiger partial charge is 0.0790 e. The van der Waals surface area contributed by atoms with Crippen LogP contribution < -0.4 is 5.32 Å². The van der Waals surface area contributed by atoms with E-state index in [9.17, 15) is 0 Å². The molecule has 0 bridgehead atoms. The molecular formula is C13H19NS. The second-order valence-electron chi connectivity index (χ2n) is 5.08. The Morgan fingerprint density at radius 1 is 1.20 bits per heavy atom. The topological polar surface area (TPSA) is 12.0 Å². The van der Waals surface area contributed by atoms with Crippen molar-refractivity contribution < 1.29 is 0 Å².